The number of sulfonamides is 1. The van der Waals surface area contributed by atoms with Gasteiger partial charge in [-0.15, -0.1) is 0 Å². The summed E-state index contributed by atoms with van der Waals surface area (Å²) in [5.41, 5.74) is 2.81. The van der Waals surface area contributed by atoms with Crippen LogP contribution in [0.2, 0.25) is 0 Å². The smallest absolute Gasteiger partial charge is 0.335 e. The van der Waals surface area contributed by atoms with Gasteiger partial charge in [0.2, 0.25) is 0 Å². The van der Waals surface area contributed by atoms with Gasteiger partial charge in [-0.25, -0.2) is 13.2 Å². The molecular formula is C21H18N4O7S. The molecule has 12 heteroatoms. The molecule has 0 aliphatic rings. The van der Waals surface area contributed by atoms with E-state index < -0.39 is 26.6 Å². The summed E-state index contributed by atoms with van der Waals surface area (Å²) in [5, 5.41) is 24.3. The fourth-order valence-corrected chi connectivity index (χ4v) is 3.83. The molecule has 0 heterocycles. The van der Waals surface area contributed by atoms with Crippen molar-refractivity contribution in [3.8, 4) is 5.75 Å². The number of hydrogen-bond donors (Lipinski definition) is 3. The first kappa shape index (κ1) is 23.2. The second kappa shape index (κ2) is 9.78. The molecule has 0 bridgehead atoms. The van der Waals surface area contributed by atoms with Gasteiger partial charge >= 0.3 is 5.97 Å². The van der Waals surface area contributed by atoms with E-state index in [2.05, 4.69) is 15.2 Å². The second-order valence-corrected chi connectivity index (χ2v) is 8.22. The molecule has 0 aliphatic heterocycles. The molecule has 3 N–H and O–H groups in total. The molecule has 0 fully saturated rings. The van der Waals surface area contributed by atoms with Gasteiger partial charge in [-0.05, 0) is 42.0 Å². The minimum absolute atomic E-state index is 0.0327. The van der Waals surface area contributed by atoms with E-state index in [9.17, 15) is 23.3 Å². The van der Waals surface area contributed by atoms with Crippen LogP contribution in [0.4, 0.5) is 17.1 Å². The largest absolute Gasteiger partial charge is 0.495 e. The number of hydrazone groups is 1. The number of aromatic carboxylic acids is 1. The number of carboxylic acids is 1. The van der Waals surface area contributed by atoms with Gasteiger partial charge in [0.1, 0.15) is 11.4 Å². The monoisotopic (exact) mass is 470 g/mol. The van der Waals surface area contributed by atoms with Crippen molar-refractivity contribution in [1.82, 2.24) is 0 Å². The zero-order valence-corrected chi connectivity index (χ0v) is 17.9. The van der Waals surface area contributed by atoms with E-state index in [0.717, 1.165) is 6.07 Å². The highest BCUT2D eigenvalue weighted by Crippen LogP contribution is 2.30. The highest BCUT2D eigenvalue weighted by atomic mass is 32.2. The highest BCUT2D eigenvalue weighted by molar-refractivity contribution is 7.92. The standard InChI is InChI=1S/C21H18N4O7S/c1-32-20-5-3-2-4-18(20)24-33(30,31)16-10-11-17(19(12-16)25(28)29)23-22-13-14-6-8-15(9-7-14)21(26)27/h2-13,23-24H,1H3,(H,26,27)/b22-13+. The summed E-state index contributed by atoms with van der Waals surface area (Å²) in [6, 6.07) is 15.5. The maximum Gasteiger partial charge on any atom is 0.335 e. The quantitative estimate of drug-likeness (QED) is 0.243. The number of carboxylic acid groups (broad SMARTS) is 1. The SMILES string of the molecule is COc1ccccc1NS(=O)(=O)c1ccc(N/N=C/c2ccc(C(=O)O)cc2)c([N+](=O)[O-])c1. The predicted octanol–water partition coefficient (Wildman–Crippen LogP) is 3.55. The molecule has 0 atom stereocenters. The van der Waals surface area contributed by atoms with Crippen LogP contribution < -0.4 is 14.9 Å². The van der Waals surface area contributed by atoms with E-state index in [1.165, 1.54) is 55.8 Å². The van der Waals surface area contributed by atoms with Crippen LogP contribution in [0.25, 0.3) is 0 Å². The highest BCUT2D eigenvalue weighted by Gasteiger charge is 2.22. The van der Waals surface area contributed by atoms with Crippen molar-refractivity contribution in [3.05, 3.63) is 88.0 Å². The summed E-state index contributed by atoms with van der Waals surface area (Å²) in [6.07, 6.45) is 1.34. The number of nitro benzene ring substituents is 1. The summed E-state index contributed by atoms with van der Waals surface area (Å²) in [4.78, 5) is 21.3. The van der Waals surface area contributed by atoms with Crippen LogP contribution in [0.5, 0.6) is 5.75 Å². The first-order valence-corrected chi connectivity index (χ1v) is 10.8. The van der Waals surface area contributed by atoms with E-state index in [1.807, 2.05) is 0 Å². The summed E-state index contributed by atoms with van der Waals surface area (Å²) >= 11 is 0. The number of ether oxygens (including phenoxy) is 1. The molecule has 0 spiro atoms. The summed E-state index contributed by atoms with van der Waals surface area (Å²) in [6.45, 7) is 0. The average molecular weight is 470 g/mol. The molecule has 0 saturated carbocycles. The van der Waals surface area contributed by atoms with Gasteiger partial charge in [-0.2, -0.15) is 5.10 Å². The van der Waals surface area contributed by atoms with Gasteiger partial charge < -0.3 is 9.84 Å². The topological polar surface area (TPSA) is 160 Å². The number of methoxy groups -OCH3 is 1. The fraction of sp³-hybridized carbons (Fsp3) is 0.0476. The number of rotatable bonds is 9. The second-order valence-electron chi connectivity index (χ2n) is 6.54. The number of para-hydroxylation sites is 2. The number of nitro groups is 1. The van der Waals surface area contributed by atoms with Crippen LogP contribution in [0.15, 0.2) is 76.7 Å². The Hall–Kier alpha value is -4.45. The molecule has 3 aromatic rings. The van der Waals surface area contributed by atoms with Crippen molar-refractivity contribution < 1.29 is 28.0 Å². The van der Waals surface area contributed by atoms with Gasteiger partial charge in [0.05, 0.1) is 34.4 Å². The Morgan fingerprint density at radius 3 is 2.42 bits per heavy atom. The Labute approximate surface area is 188 Å². The average Bonchev–Trinajstić information content (AvgIpc) is 2.79. The molecule has 3 rings (SSSR count). The van der Waals surface area contributed by atoms with E-state index in [4.69, 9.17) is 9.84 Å². The molecule has 0 unspecified atom stereocenters. The zero-order valence-electron chi connectivity index (χ0n) is 17.1. The maximum atomic E-state index is 12.7. The van der Waals surface area contributed by atoms with Crippen LogP contribution in [0.1, 0.15) is 15.9 Å². The zero-order chi connectivity index (χ0) is 24.0. The summed E-state index contributed by atoms with van der Waals surface area (Å²) in [7, 11) is -2.75. The number of anilines is 2. The first-order valence-electron chi connectivity index (χ1n) is 9.28. The predicted molar refractivity (Wildman–Crippen MR) is 122 cm³/mol. The van der Waals surface area contributed by atoms with E-state index in [1.54, 1.807) is 18.2 Å². The maximum absolute atomic E-state index is 12.7. The minimum atomic E-state index is -4.14. The molecule has 0 aromatic heterocycles. The van der Waals surface area contributed by atoms with Gasteiger partial charge in [0.25, 0.3) is 15.7 Å². The van der Waals surface area contributed by atoms with Crippen molar-refractivity contribution >= 4 is 39.3 Å². The van der Waals surface area contributed by atoms with Crippen molar-refractivity contribution in [3.63, 3.8) is 0 Å². The van der Waals surface area contributed by atoms with E-state index >= 15 is 0 Å². The minimum Gasteiger partial charge on any atom is -0.495 e. The lowest BCUT2D eigenvalue weighted by atomic mass is 10.1. The van der Waals surface area contributed by atoms with Crippen molar-refractivity contribution in [1.29, 1.82) is 0 Å². The molecule has 0 saturated heterocycles. The number of nitrogens with zero attached hydrogens (tertiary/aromatic N) is 2. The first-order chi connectivity index (χ1) is 15.7. The molecule has 0 radical (unpaired) electrons. The Balaban J connectivity index is 1.82. The third kappa shape index (κ3) is 5.62. The summed E-state index contributed by atoms with van der Waals surface area (Å²) < 4.78 is 33.0. The van der Waals surface area contributed by atoms with Gasteiger partial charge in [0.15, 0.2) is 0 Å². The number of hydrogen-bond acceptors (Lipinski definition) is 8. The molecule has 0 aliphatic carbocycles. The number of carbonyl (C=O) groups is 1. The fourth-order valence-electron chi connectivity index (χ4n) is 2.74. The molecule has 3 aromatic carbocycles. The third-order valence-corrected chi connectivity index (χ3v) is 5.75. The van der Waals surface area contributed by atoms with Gasteiger partial charge in [0, 0.05) is 6.07 Å². The lowest BCUT2D eigenvalue weighted by Gasteiger charge is -2.12. The van der Waals surface area contributed by atoms with Crippen LogP contribution in [-0.4, -0.2) is 37.7 Å². The number of nitrogens with one attached hydrogen (secondary N) is 2. The van der Waals surface area contributed by atoms with Crippen molar-refractivity contribution in [2.45, 2.75) is 4.90 Å². The van der Waals surface area contributed by atoms with Crippen LogP contribution in [0.3, 0.4) is 0 Å². The Kier molecular flexibility index (Phi) is 6.88. The molecule has 0 amide bonds. The molecule has 33 heavy (non-hydrogen) atoms. The van der Waals surface area contributed by atoms with E-state index in [-0.39, 0.29) is 21.8 Å². The lowest BCUT2D eigenvalue weighted by Crippen LogP contribution is -2.14. The Morgan fingerprint density at radius 2 is 1.79 bits per heavy atom. The van der Waals surface area contributed by atoms with Crippen molar-refractivity contribution in [2.75, 3.05) is 17.3 Å². The lowest BCUT2D eigenvalue weighted by molar-refractivity contribution is -0.384. The van der Waals surface area contributed by atoms with Crippen molar-refractivity contribution in [2.24, 2.45) is 5.10 Å². The van der Waals surface area contributed by atoms with Crippen LogP contribution in [-0.2, 0) is 10.0 Å². The van der Waals surface area contributed by atoms with Gasteiger partial charge in [-0.3, -0.25) is 20.3 Å². The Morgan fingerprint density at radius 1 is 1.09 bits per heavy atom. The molecular weight excluding hydrogens is 452 g/mol. The molecule has 170 valence electrons. The van der Waals surface area contributed by atoms with Gasteiger partial charge in [-0.1, -0.05) is 24.3 Å². The summed E-state index contributed by atoms with van der Waals surface area (Å²) in [5.74, 6) is -0.776. The Bertz CT molecular complexity index is 1320. The molecule has 11 nitrogen and oxygen atoms in total. The number of benzene rings is 3. The van der Waals surface area contributed by atoms with Crippen LogP contribution in [0, 0.1) is 10.1 Å². The third-order valence-electron chi connectivity index (χ3n) is 4.38. The normalized spacial score (nSPS) is 11.2. The van der Waals surface area contributed by atoms with E-state index in [0.29, 0.717) is 11.3 Å². The van der Waals surface area contributed by atoms with Crippen LogP contribution >= 0.6 is 0 Å².